The Morgan fingerprint density at radius 1 is 1.30 bits per heavy atom. The molecule has 1 aromatic carbocycles. The fourth-order valence-electron chi connectivity index (χ4n) is 3.35. The molecule has 1 amide bonds. The van der Waals surface area contributed by atoms with E-state index < -0.39 is 6.09 Å². The summed E-state index contributed by atoms with van der Waals surface area (Å²) < 4.78 is 5.01. The molecular formula is C17H19NO5. The van der Waals surface area contributed by atoms with Gasteiger partial charge in [0.25, 0.3) is 0 Å². The smallest absolute Gasteiger partial charge is 0.407 e. The summed E-state index contributed by atoms with van der Waals surface area (Å²) in [4.78, 5) is 36.4. The number of nitrogens with zero attached hydrogens (tertiary/aromatic N) is 1. The predicted octanol–water partition coefficient (Wildman–Crippen LogP) is 2.63. The van der Waals surface area contributed by atoms with Crippen LogP contribution in [0.4, 0.5) is 4.79 Å². The summed E-state index contributed by atoms with van der Waals surface area (Å²) in [5, 5.41) is 8.95. The van der Waals surface area contributed by atoms with Gasteiger partial charge in [0, 0.05) is 30.6 Å². The lowest BCUT2D eigenvalue weighted by Gasteiger charge is -2.29. The number of cyclic esters (lactones) is 1. The molecule has 0 unspecified atom stereocenters. The summed E-state index contributed by atoms with van der Waals surface area (Å²) in [6.07, 6.45) is 0.948. The van der Waals surface area contributed by atoms with E-state index in [1.807, 2.05) is 6.92 Å². The Morgan fingerprint density at radius 3 is 2.65 bits per heavy atom. The summed E-state index contributed by atoms with van der Waals surface area (Å²) in [6.45, 7) is 3.05. The topological polar surface area (TPSA) is 83.9 Å². The third-order valence-corrected chi connectivity index (χ3v) is 4.83. The highest BCUT2D eigenvalue weighted by molar-refractivity contribution is 6.01. The highest BCUT2D eigenvalue weighted by Gasteiger charge is 2.28. The molecule has 0 atom stereocenters. The van der Waals surface area contributed by atoms with Crippen molar-refractivity contribution in [1.82, 2.24) is 4.90 Å². The van der Waals surface area contributed by atoms with Crippen LogP contribution in [0, 0.1) is 12.8 Å². The van der Waals surface area contributed by atoms with Crippen molar-refractivity contribution in [2.24, 2.45) is 5.92 Å². The molecular weight excluding hydrogens is 298 g/mol. The summed E-state index contributed by atoms with van der Waals surface area (Å²) in [5.74, 6) is -0.0646. The average molecular weight is 317 g/mol. The standard InChI is InChI=1S/C17H19NO5/c1-10-12(2-3-13-14(10)9-23-16(13)20)15(19)8-11-4-6-18(7-5-11)17(21)22/h2-3,11H,4-9H2,1H3,(H,21,22). The van der Waals surface area contributed by atoms with Gasteiger partial charge in [0.1, 0.15) is 6.61 Å². The molecule has 6 heteroatoms. The molecule has 1 saturated heterocycles. The number of ether oxygens (including phenoxy) is 1. The van der Waals surface area contributed by atoms with Gasteiger partial charge in [0.15, 0.2) is 5.78 Å². The molecule has 3 rings (SSSR count). The number of carbonyl (C=O) groups is 3. The van der Waals surface area contributed by atoms with Crippen LogP contribution in [0.15, 0.2) is 12.1 Å². The van der Waals surface area contributed by atoms with E-state index in [0.29, 0.717) is 43.5 Å². The number of amides is 1. The van der Waals surface area contributed by atoms with Crippen molar-refractivity contribution in [2.45, 2.75) is 32.8 Å². The second-order valence-corrected chi connectivity index (χ2v) is 6.18. The number of piperidine rings is 1. The van der Waals surface area contributed by atoms with E-state index in [2.05, 4.69) is 0 Å². The van der Waals surface area contributed by atoms with Crippen molar-refractivity contribution < 1.29 is 24.2 Å². The predicted molar refractivity (Wildman–Crippen MR) is 81.6 cm³/mol. The fraction of sp³-hybridized carbons (Fsp3) is 0.471. The van der Waals surface area contributed by atoms with Crippen LogP contribution in [0.5, 0.6) is 0 Å². The second-order valence-electron chi connectivity index (χ2n) is 6.18. The lowest BCUT2D eigenvalue weighted by Crippen LogP contribution is -2.37. The van der Waals surface area contributed by atoms with E-state index in [4.69, 9.17) is 9.84 Å². The molecule has 2 aliphatic rings. The van der Waals surface area contributed by atoms with Crippen LogP contribution < -0.4 is 0 Å². The highest BCUT2D eigenvalue weighted by atomic mass is 16.5. The van der Waals surface area contributed by atoms with E-state index >= 15 is 0 Å². The van der Waals surface area contributed by atoms with Gasteiger partial charge in [-0.1, -0.05) is 6.07 Å². The van der Waals surface area contributed by atoms with E-state index in [1.54, 1.807) is 12.1 Å². The molecule has 0 aliphatic carbocycles. The zero-order valence-electron chi connectivity index (χ0n) is 13.0. The Bertz CT molecular complexity index is 674. The molecule has 0 radical (unpaired) electrons. The number of rotatable bonds is 3. The van der Waals surface area contributed by atoms with Crippen LogP contribution in [0.25, 0.3) is 0 Å². The molecule has 1 N–H and O–H groups in total. The zero-order chi connectivity index (χ0) is 16.6. The first-order chi connectivity index (χ1) is 11.0. The van der Waals surface area contributed by atoms with Crippen LogP contribution in [-0.4, -0.2) is 40.9 Å². The number of hydrogen-bond acceptors (Lipinski definition) is 4. The molecule has 122 valence electrons. The van der Waals surface area contributed by atoms with Gasteiger partial charge in [-0.3, -0.25) is 4.79 Å². The van der Waals surface area contributed by atoms with Gasteiger partial charge in [0.05, 0.1) is 5.56 Å². The maximum absolute atomic E-state index is 12.6. The summed E-state index contributed by atoms with van der Waals surface area (Å²) in [5.41, 5.74) is 2.82. The SMILES string of the molecule is Cc1c(C(=O)CC2CCN(C(=O)O)CC2)ccc2c1COC2=O. The monoisotopic (exact) mass is 317 g/mol. The highest BCUT2D eigenvalue weighted by Crippen LogP contribution is 2.28. The zero-order valence-corrected chi connectivity index (χ0v) is 13.0. The van der Waals surface area contributed by atoms with Gasteiger partial charge in [-0.05, 0) is 37.3 Å². The van der Waals surface area contributed by atoms with E-state index in [-0.39, 0.29) is 24.3 Å². The van der Waals surface area contributed by atoms with Crippen molar-refractivity contribution in [2.75, 3.05) is 13.1 Å². The number of likely N-dealkylation sites (tertiary alicyclic amines) is 1. The van der Waals surface area contributed by atoms with E-state index in [1.165, 1.54) is 4.90 Å². The second kappa shape index (κ2) is 6.02. The maximum Gasteiger partial charge on any atom is 0.407 e. The van der Waals surface area contributed by atoms with Gasteiger partial charge in [-0.2, -0.15) is 0 Å². The minimum absolute atomic E-state index is 0.0541. The third kappa shape index (κ3) is 2.93. The van der Waals surface area contributed by atoms with Crippen molar-refractivity contribution in [3.63, 3.8) is 0 Å². The lowest BCUT2D eigenvalue weighted by atomic mass is 9.87. The largest absolute Gasteiger partial charge is 0.465 e. The van der Waals surface area contributed by atoms with Crippen molar-refractivity contribution in [1.29, 1.82) is 0 Å². The Labute approximate surface area is 134 Å². The van der Waals surface area contributed by atoms with E-state index in [0.717, 1.165) is 11.1 Å². The first-order valence-electron chi connectivity index (χ1n) is 7.78. The van der Waals surface area contributed by atoms with Gasteiger partial charge < -0.3 is 14.7 Å². The van der Waals surface area contributed by atoms with E-state index in [9.17, 15) is 14.4 Å². The normalized spacial score (nSPS) is 17.8. The molecule has 2 heterocycles. The number of hydrogen-bond donors (Lipinski definition) is 1. The number of benzene rings is 1. The van der Waals surface area contributed by atoms with Gasteiger partial charge in [-0.25, -0.2) is 9.59 Å². The summed E-state index contributed by atoms with van der Waals surface area (Å²) >= 11 is 0. The quantitative estimate of drug-likeness (QED) is 0.684. The van der Waals surface area contributed by atoms with Crippen molar-refractivity contribution >= 4 is 17.8 Å². The van der Waals surface area contributed by atoms with Crippen LogP contribution in [0.3, 0.4) is 0 Å². The van der Waals surface area contributed by atoms with Gasteiger partial charge in [0.2, 0.25) is 0 Å². The minimum atomic E-state index is -0.895. The first-order valence-corrected chi connectivity index (χ1v) is 7.78. The maximum atomic E-state index is 12.6. The molecule has 2 aliphatic heterocycles. The number of fused-ring (bicyclic) bond motifs is 1. The van der Waals surface area contributed by atoms with Crippen molar-refractivity contribution in [3.8, 4) is 0 Å². The van der Waals surface area contributed by atoms with Crippen LogP contribution >= 0.6 is 0 Å². The molecule has 0 spiro atoms. The average Bonchev–Trinajstić information content (AvgIpc) is 2.90. The Morgan fingerprint density at radius 2 is 2.00 bits per heavy atom. The molecule has 23 heavy (non-hydrogen) atoms. The Hall–Kier alpha value is -2.37. The molecule has 0 aromatic heterocycles. The van der Waals surface area contributed by atoms with Gasteiger partial charge in [-0.15, -0.1) is 0 Å². The first kappa shape index (κ1) is 15.5. The van der Waals surface area contributed by atoms with Crippen molar-refractivity contribution in [3.05, 3.63) is 34.4 Å². The molecule has 0 bridgehead atoms. The Balaban J connectivity index is 1.68. The number of carbonyl (C=O) groups excluding carboxylic acids is 2. The Kier molecular flexibility index (Phi) is 4.07. The number of carboxylic acid groups (broad SMARTS) is 1. The minimum Gasteiger partial charge on any atom is -0.465 e. The van der Waals surface area contributed by atoms with Crippen LogP contribution in [-0.2, 0) is 11.3 Å². The van der Waals surface area contributed by atoms with Crippen LogP contribution in [0.1, 0.15) is 51.1 Å². The molecule has 0 saturated carbocycles. The third-order valence-electron chi connectivity index (χ3n) is 4.83. The lowest BCUT2D eigenvalue weighted by molar-refractivity contribution is 0.0534. The number of Topliss-reactive ketones (excluding diaryl/α,β-unsaturated/α-hetero) is 1. The summed E-state index contributed by atoms with van der Waals surface area (Å²) in [7, 11) is 0. The molecule has 6 nitrogen and oxygen atoms in total. The molecule has 1 aromatic rings. The fourth-order valence-corrected chi connectivity index (χ4v) is 3.35. The number of esters is 1. The van der Waals surface area contributed by atoms with Crippen LogP contribution in [0.2, 0.25) is 0 Å². The number of ketones is 1. The summed E-state index contributed by atoms with van der Waals surface area (Å²) in [6, 6.07) is 3.37. The van der Waals surface area contributed by atoms with Gasteiger partial charge >= 0.3 is 12.1 Å². The molecule has 1 fully saturated rings.